The van der Waals surface area contributed by atoms with Crippen LogP contribution in [0.15, 0.2) is 42.5 Å². The number of likely N-dealkylation sites (N-methyl/N-ethyl adjacent to an activating group) is 1. The van der Waals surface area contributed by atoms with Gasteiger partial charge in [0.1, 0.15) is 11.8 Å². The molecule has 0 unspecified atom stereocenters. The lowest BCUT2D eigenvalue weighted by Crippen LogP contribution is -2.49. The van der Waals surface area contributed by atoms with Crippen molar-refractivity contribution >= 4 is 11.8 Å². The smallest absolute Gasteiger partial charge is 0.242 e. The van der Waals surface area contributed by atoms with Crippen LogP contribution < -0.4 is 10.1 Å². The Hall–Kier alpha value is -2.82. The highest BCUT2D eigenvalue weighted by molar-refractivity contribution is 5.88. The Bertz CT molecular complexity index is 831. The summed E-state index contributed by atoms with van der Waals surface area (Å²) in [4.78, 5) is 27.6. The molecule has 2 amide bonds. The molecule has 0 aromatic heterocycles. The van der Waals surface area contributed by atoms with Crippen molar-refractivity contribution in [3.8, 4) is 5.75 Å². The molecular weight excluding hydrogens is 364 g/mol. The zero-order valence-electron chi connectivity index (χ0n) is 18.1. The van der Waals surface area contributed by atoms with Crippen LogP contribution in [0, 0.1) is 13.8 Å². The molecule has 0 bridgehead atoms. The fourth-order valence-electron chi connectivity index (χ4n) is 3.33. The van der Waals surface area contributed by atoms with E-state index >= 15 is 0 Å². The van der Waals surface area contributed by atoms with E-state index < -0.39 is 6.04 Å². The summed E-state index contributed by atoms with van der Waals surface area (Å²) in [6.45, 7) is 8.83. The van der Waals surface area contributed by atoms with E-state index in [9.17, 15) is 9.59 Å². The van der Waals surface area contributed by atoms with Gasteiger partial charge in [0.05, 0.1) is 13.5 Å². The highest BCUT2D eigenvalue weighted by Crippen LogP contribution is 2.18. The van der Waals surface area contributed by atoms with E-state index in [4.69, 9.17) is 4.74 Å². The summed E-state index contributed by atoms with van der Waals surface area (Å²) in [6.07, 6.45) is 0.827. The average molecular weight is 397 g/mol. The first-order valence-corrected chi connectivity index (χ1v) is 10.2. The van der Waals surface area contributed by atoms with Gasteiger partial charge in [0, 0.05) is 13.1 Å². The van der Waals surface area contributed by atoms with E-state index in [1.165, 1.54) is 5.56 Å². The largest absolute Gasteiger partial charge is 0.497 e. The summed E-state index contributed by atoms with van der Waals surface area (Å²) < 4.78 is 5.22. The van der Waals surface area contributed by atoms with Crippen molar-refractivity contribution in [2.75, 3.05) is 13.7 Å². The van der Waals surface area contributed by atoms with Crippen molar-refractivity contribution in [1.82, 2.24) is 10.2 Å². The van der Waals surface area contributed by atoms with E-state index in [-0.39, 0.29) is 18.2 Å². The molecule has 0 radical (unpaired) electrons. The van der Waals surface area contributed by atoms with Crippen LogP contribution >= 0.6 is 0 Å². The highest BCUT2D eigenvalue weighted by Gasteiger charge is 2.28. The molecule has 0 aliphatic heterocycles. The van der Waals surface area contributed by atoms with Crippen molar-refractivity contribution < 1.29 is 14.3 Å². The molecule has 0 aliphatic carbocycles. The predicted molar refractivity (Wildman–Crippen MR) is 116 cm³/mol. The molecule has 5 heteroatoms. The van der Waals surface area contributed by atoms with Gasteiger partial charge in [0.2, 0.25) is 11.8 Å². The first-order valence-electron chi connectivity index (χ1n) is 10.2. The van der Waals surface area contributed by atoms with Gasteiger partial charge in [-0.15, -0.1) is 0 Å². The topological polar surface area (TPSA) is 58.6 Å². The summed E-state index contributed by atoms with van der Waals surface area (Å²) in [5.74, 6) is 0.594. The molecular formula is C24H32N2O3. The standard InChI is InChI=1S/C24H32N2O3/c1-6-22(24(28)25-7-2)26(16-19-10-12-21(29-5)13-11-19)23(27)15-20-9-8-17(3)18(4)14-20/h8-14,22H,6-7,15-16H2,1-5H3,(H,25,28)/t22-/m0/s1. The lowest BCUT2D eigenvalue weighted by Gasteiger charge is -2.30. The summed E-state index contributed by atoms with van der Waals surface area (Å²) >= 11 is 0. The summed E-state index contributed by atoms with van der Waals surface area (Å²) in [5, 5.41) is 2.86. The molecule has 0 heterocycles. The second-order valence-corrected chi connectivity index (χ2v) is 7.28. The average Bonchev–Trinajstić information content (AvgIpc) is 2.71. The maximum atomic E-state index is 13.3. The van der Waals surface area contributed by atoms with E-state index in [1.54, 1.807) is 12.0 Å². The Morgan fingerprint density at radius 2 is 1.66 bits per heavy atom. The summed E-state index contributed by atoms with van der Waals surface area (Å²) in [6, 6.07) is 13.2. The number of methoxy groups -OCH3 is 1. The first kappa shape index (κ1) is 22.5. The Morgan fingerprint density at radius 3 is 2.21 bits per heavy atom. The number of amides is 2. The molecule has 156 valence electrons. The molecule has 29 heavy (non-hydrogen) atoms. The Morgan fingerprint density at radius 1 is 1.00 bits per heavy atom. The highest BCUT2D eigenvalue weighted by atomic mass is 16.5. The van der Waals surface area contributed by atoms with Crippen LogP contribution in [-0.2, 0) is 22.6 Å². The third-order valence-corrected chi connectivity index (χ3v) is 5.18. The van der Waals surface area contributed by atoms with E-state index in [1.807, 2.05) is 63.2 Å². The Labute approximate surface area is 174 Å². The number of aryl methyl sites for hydroxylation is 2. The van der Waals surface area contributed by atoms with E-state index in [0.29, 0.717) is 19.5 Å². The van der Waals surface area contributed by atoms with E-state index in [2.05, 4.69) is 12.2 Å². The van der Waals surface area contributed by atoms with Crippen molar-refractivity contribution in [2.45, 2.75) is 53.1 Å². The van der Waals surface area contributed by atoms with Gasteiger partial charge in [0.25, 0.3) is 0 Å². The maximum Gasteiger partial charge on any atom is 0.242 e. The summed E-state index contributed by atoms with van der Waals surface area (Å²) in [7, 11) is 1.62. The number of nitrogens with one attached hydrogen (secondary N) is 1. The minimum absolute atomic E-state index is 0.0535. The van der Waals surface area contributed by atoms with Crippen LogP contribution in [0.2, 0.25) is 0 Å². The number of benzene rings is 2. The summed E-state index contributed by atoms with van der Waals surface area (Å²) in [5.41, 5.74) is 4.28. The van der Waals surface area contributed by atoms with Crippen LogP contribution in [-0.4, -0.2) is 36.4 Å². The van der Waals surface area contributed by atoms with Crippen molar-refractivity contribution in [2.24, 2.45) is 0 Å². The lowest BCUT2D eigenvalue weighted by molar-refractivity contribution is -0.140. The number of nitrogens with zero attached hydrogens (tertiary/aromatic N) is 1. The van der Waals surface area contributed by atoms with Crippen LogP contribution in [0.1, 0.15) is 42.5 Å². The molecule has 5 nitrogen and oxygen atoms in total. The molecule has 1 N–H and O–H groups in total. The van der Waals surface area contributed by atoms with Gasteiger partial charge >= 0.3 is 0 Å². The molecule has 1 atom stereocenters. The van der Waals surface area contributed by atoms with Crippen LogP contribution in [0.5, 0.6) is 5.75 Å². The zero-order chi connectivity index (χ0) is 21.4. The lowest BCUT2D eigenvalue weighted by atomic mass is 10.0. The monoisotopic (exact) mass is 396 g/mol. The Balaban J connectivity index is 2.28. The molecule has 0 saturated carbocycles. The fourth-order valence-corrected chi connectivity index (χ4v) is 3.33. The van der Waals surface area contributed by atoms with Crippen molar-refractivity contribution in [3.63, 3.8) is 0 Å². The van der Waals surface area contributed by atoms with Crippen LogP contribution in [0.4, 0.5) is 0 Å². The van der Waals surface area contributed by atoms with Gasteiger partial charge in [-0.1, -0.05) is 37.3 Å². The van der Waals surface area contributed by atoms with Crippen LogP contribution in [0.3, 0.4) is 0 Å². The molecule has 2 rings (SSSR count). The molecule has 0 spiro atoms. The number of ether oxygens (including phenoxy) is 1. The number of rotatable bonds is 9. The Kier molecular flexibility index (Phi) is 8.25. The first-order chi connectivity index (χ1) is 13.9. The molecule has 0 aliphatic rings. The molecule has 0 saturated heterocycles. The number of carbonyl (C=O) groups excluding carboxylic acids is 2. The predicted octanol–water partition coefficient (Wildman–Crippen LogP) is 3.80. The third-order valence-electron chi connectivity index (χ3n) is 5.18. The SMILES string of the molecule is CCNC(=O)[C@H](CC)N(Cc1ccc(OC)cc1)C(=O)Cc1ccc(C)c(C)c1. The molecule has 2 aromatic rings. The second-order valence-electron chi connectivity index (χ2n) is 7.28. The van der Waals surface area contributed by atoms with Crippen molar-refractivity contribution in [1.29, 1.82) is 0 Å². The maximum absolute atomic E-state index is 13.3. The second kappa shape index (κ2) is 10.6. The third kappa shape index (κ3) is 6.08. The molecule has 2 aromatic carbocycles. The minimum Gasteiger partial charge on any atom is -0.497 e. The molecule has 0 fully saturated rings. The van der Waals surface area contributed by atoms with E-state index in [0.717, 1.165) is 22.4 Å². The van der Waals surface area contributed by atoms with Gasteiger partial charge in [-0.05, 0) is 61.6 Å². The van der Waals surface area contributed by atoms with Crippen LogP contribution in [0.25, 0.3) is 0 Å². The minimum atomic E-state index is -0.504. The van der Waals surface area contributed by atoms with Gasteiger partial charge < -0.3 is 15.0 Å². The fraction of sp³-hybridized carbons (Fsp3) is 0.417. The normalized spacial score (nSPS) is 11.6. The zero-order valence-corrected chi connectivity index (χ0v) is 18.1. The quantitative estimate of drug-likeness (QED) is 0.701. The van der Waals surface area contributed by atoms with Gasteiger partial charge in [-0.25, -0.2) is 0 Å². The number of hydrogen-bond acceptors (Lipinski definition) is 3. The van der Waals surface area contributed by atoms with Crippen molar-refractivity contribution in [3.05, 3.63) is 64.7 Å². The van der Waals surface area contributed by atoms with Gasteiger partial charge in [-0.2, -0.15) is 0 Å². The van der Waals surface area contributed by atoms with Gasteiger partial charge in [-0.3, -0.25) is 9.59 Å². The number of carbonyl (C=O) groups is 2. The van der Waals surface area contributed by atoms with Gasteiger partial charge in [0.15, 0.2) is 0 Å². The number of hydrogen-bond donors (Lipinski definition) is 1.